The van der Waals surface area contributed by atoms with Crippen LogP contribution in [0.3, 0.4) is 0 Å². The summed E-state index contributed by atoms with van der Waals surface area (Å²) in [6.07, 6.45) is 1.44. The highest BCUT2D eigenvalue weighted by molar-refractivity contribution is 6.43. The zero-order valence-electron chi connectivity index (χ0n) is 14.0. The van der Waals surface area contributed by atoms with Crippen molar-refractivity contribution >= 4 is 46.7 Å². The zero-order chi connectivity index (χ0) is 18.8. The second kappa shape index (κ2) is 7.58. The van der Waals surface area contributed by atoms with Crippen molar-refractivity contribution in [2.24, 2.45) is 5.10 Å². The van der Waals surface area contributed by atoms with Crippen LogP contribution in [-0.2, 0) is 0 Å². The minimum Gasteiger partial charge on any atom is -0.295 e. The lowest BCUT2D eigenvalue weighted by atomic mass is 10.2. The molecule has 2 N–H and O–H groups in total. The van der Waals surface area contributed by atoms with Crippen LogP contribution in [0.25, 0.3) is 5.69 Å². The first-order valence-corrected chi connectivity index (χ1v) is 8.83. The summed E-state index contributed by atoms with van der Waals surface area (Å²) in [4.78, 5) is 12.7. The summed E-state index contributed by atoms with van der Waals surface area (Å²) in [6, 6.07) is 10.6. The molecule has 0 aliphatic carbocycles. The molecule has 2 aromatic carbocycles. The minimum atomic E-state index is -0.231. The van der Waals surface area contributed by atoms with Gasteiger partial charge in [-0.25, -0.2) is 4.68 Å². The average Bonchev–Trinajstić information content (AvgIpc) is 2.89. The molecule has 1 aromatic heterocycles. The molecule has 0 radical (unpaired) electrons. The summed E-state index contributed by atoms with van der Waals surface area (Å²) < 4.78 is 1.42. The molecule has 0 spiro atoms. The molecular weight excluding hydrogens is 395 g/mol. The third-order valence-corrected chi connectivity index (χ3v) is 5.09. The van der Waals surface area contributed by atoms with Crippen molar-refractivity contribution < 1.29 is 0 Å². The topological polar surface area (TPSA) is 62.2 Å². The van der Waals surface area contributed by atoms with Crippen LogP contribution >= 0.6 is 34.8 Å². The third kappa shape index (κ3) is 3.65. The molecule has 5 nitrogen and oxygen atoms in total. The number of nitrogens with zero attached hydrogens (tertiary/aromatic N) is 2. The summed E-state index contributed by atoms with van der Waals surface area (Å²) in [5.74, 6) is 0. The van der Waals surface area contributed by atoms with E-state index in [4.69, 9.17) is 34.8 Å². The molecule has 0 atom stereocenters. The number of halogens is 3. The van der Waals surface area contributed by atoms with E-state index in [1.807, 2.05) is 19.1 Å². The Morgan fingerprint density at radius 2 is 1.88 bits per heavy atom. The van der Waals surface area contributed by atoms with Gasteiger partial charge in [-0.2, -0.15) is 5.10 Å². The van der Waals surface area contributed by atoms with Gasteiger partial charge in [0, 0.05) is 10.7 Å². The van der Waals surface area contributed by atoms with Crippen LogP contribution in [-0.4, -0.2) is 16.0 Å². The fraction of sp³-hybridized carbons (Fsp3) is 0.111. The van der Waals surface area contributed by atoms with Gasteiger partial charge in [-0.15, -0.1) is 0 Å². The van der Waals surface area contributed by atoms with Gasteiger partial charge < -0.3 is 0 Å². The molecule has 0 aliphatic rings. The SMILES string of the molecule is Cc1ccc(-n2[nH]c(C)c(C=NNc3cccc(Cl)c3Cl)c2=O)cc1Cl. The van der Waals surface area contributed by atoms with Crippen LogP contribution in [0.4, 0.5) is 5.69 Å². The first kappa shape index (κ1) is 18.6. The van der Waals surface area contributed by atoms with Crippen molar-refractivity contribution in [3.05, 3.63) is 78.6 Å². The molecule has 0 saturated heterocycles. The highest BCUT2D eigenvalue weighted by Crippen LogP contribution is 2.29. The molecule has 0 unspecified atom stereocenters. The number of aromatic amines is 1. The highest BCUT2D eigenvalue weighted by atomic mass is 35.5. The molecule has 0 aliphatic heterocycles. The first-order valence-electron chi connectivity index (χ1n) is 7.69. The number of aromatic nitrogens is 2. The van der Waals surface area contributed by atoms with E-state index in [9.17, 15) is 4.79 Å². The maximum Gasteiger partial charge on any atom is 0.280 e. The van der Waals surface area contributed by atoms with Gasteiger partial charge in [0.15, 0.2) is 0 Å². The van der Waals surface area contributed by atoms with E-state index < -0.39 is 0 Å². The van der Waals surface area contributed by atoms with E-state index >= 15 is 0 Å². The van der Waals surface area contributed by atoms with E-state index in [1.54, 1.807) is 31.2 Å². The first-order chi connectivity index (χ1) is 12.4. The maximum atomic E-state index is 12.7. The van der Waals surface area contributed by atoms with Crippen molar-refractivity contribution in [3.8, 4) is 5.69 Å². The normalized spacial score (nSPS) is 11.3. The van der Waals surface area contributed by atoms with Gasteiger partial charge in [-0.05, 0) is 43.7 Å². The Hall–Kier alpha value is -2.21. The summed E-state index contributed by atoms with van der Waals surface area (Å²) in [6.45, 7) is 3.70. The fourth-order valence-electron chi connectivity index (χ4n) is 2.37. The largest absolute Gasteiger partial charge is 0.295 e. The highest BCUT2D eigenvalue weighted by Gasteiger charge is 2.11. The quantitative estimate of drug-likeness (QED) is 0.460. The van der Waals surface area contributed by atoms with Crippen LogP contribution in [0.15, 0.2) is 46.3 Å². The van der Waals surface area contributed by atoms with E-state index in [0.717, 1.165) is 5.56 Å². The Morgan fingerprint density at radius 1 is 1.12 bits per heavy atom. The molecule has 0 saturated carbocycles. The van der Waals surface area contributed by atoms with Crippen molar-refractivity contribution in [1.82, 2.24) is 9.78 Å². The van der Waals surface area contributed by atoms with Crippen molar-refractivity contribution in [1.29, 1.82) is 0 Å². The van der Waals surface area contributed by atoms with Gasteiger partial charge in [-0.3, -0.25) is 15.3 Å². The Balaban J connectivity index is 1.89. The van der Waals surface area contributed by atoms with E-state index in [2.05, 4.69) is 15.6 Å². The molecule has 3 aromatic rings. The molecule has 0 bridgehead atoms. The van der Waals surface area contributed by atoms with Crippen LogP contribution in [0.5, 0.6) is 0 Å². The smallest absolute Gasteiger partial charge is 0.280 e. The lowest BCUT2D eigenvalue weighted by Crippen LogP contribution is -2.17. The maximum absolute atomic E-state index is 12.7. The number of benzene rings is 2. The van der Waals surface area contributed by atoms with Gasteiger partial charge in [0.1, 0.15) is 0 Å². The molecule has 0 fully saturated rings. The Bertz CT molecular complexity index is 1050. The Morgan fingerprint density at radius 3 is 2.62 bits per heavy atom. The van der Waals surface area contributed by atoms with Crippen molar-refractivity contribution in [2.45, 2.75) is 13.8 Å². The van der Waals surface area contributed by atoms with Gasteiger partial charge in [0.2, 0.25) is 0 Å². The number of hydrogen-bond donors (Lipinski definition) is 2. The molecular formula is C18H15Cl3N4O. The summed E-state index contributed by atoms with van der Waals surface area (Å²) in [7, 11) is 0. The standard InChI is InChI=1S/C18H15Cl3N4O/c1-10-6-7-12(8-15(10)20)25-18(26)13(11(2)24-25)9-22-23-16-5-3-4-14(19)17(16)21/h3-9,23-24H,1-2H3. The van der Waals surface area contributed by atoms with E-state index in [1.165, 1.54) is 10.9 Å². The molecule has 134 valence electrons. The number of H-pyrrole nitrogens is 1. The lowest BCUT2D eigenvalue weighted by molar-refractivity contribution is 0.835. The predicted molar refractivity (Wildman–Crippen MR) is 109 cm³/mol. The molecule has 8 heteroatoms. The summed E-state index contributed by atoms with van der Waals surface area (Å²) in [5.41, 5.74) is 5.80. The molecule has 3 rings (SSSR count). The summed E-state index contributed by atoms with van der Waals surface area (Å²) in [5, 5.41) is 8.50. The lowest BCUT2D eigenvalue weighted by Gasteiger charge is -2.04. The number of anilines is 1. The number of hydrazone groups is 1. The van der Waals surface area contributed by atoms with Crippen molar-refractivity contribution in [2.75, 3.05) is 5.43 Å². The van der Waals surface area contributed by atoms with Crippen LogP contribution < -0.4 is 11.0 Å². The third-order valence-electron chi connectivity index (χ3n) is 3.86. The monoisotopic (exact) mass is 408 g/mol. The van der Waals surface area contributed by atoms with Crippen LogP contribution in [0.1, 0.15) is 16.8 Å². The van der Waals surface area contributed by atoms with Gasteiger partial charge >= 0.3 is 0 Å². The van der Waals surface area contributed by atoms with Crippen LogP contribution in [0.2, 0.25) is 15.1 Å². The fourth-order valence-corrected chi connectivity index (χ4v) is 2.89. The number of rotatable bonds is 4. The molecule has 26 heavy (non-hydrogen) atoms. The van der Waals surface area contributed by atoms with Gasteiger partial charge in [0.25, 0.3) is 5.56 Å². The second-order valence-electron chi connectivity index (χ2n) is 5.70. The minimum absolute atomic E-state index is 0.231. The predicted octanol–water partition coefficient (Wildman–Crippen LogP) is 5.19. The van der Waals surface area contributed by atoms with Crippen molar-refractivity contribution in [3.63, 3.8) is 0 Å². The van der Waals surface area contributed by atoms with Gasteiger partial charge in [-0.1, -0.05) is 46.9 Å². The van der Waals surface area contributed by atoms with E-state index in [-0.39, 0.29) is 5.56 Å². The molecule has 1 heterocycles. The number of aryl methyl sites for hydroxylation is 2. The van der Waals surface area contributed by atoms with Gasteiger partial charge in [0.05, 0.1) is 33.2 Å². The second-order valence-corrected chi connectivity index (χ2v) is 6.89. The Kier molecular flexibility index (Phi) is 5.41. The average molecular weight is 410 g/mol. The van der Waals surface area contributed by atoms with E-state index in [0.29, 0.717) is 37.7 Å². The number of nitrogens with one attached hydrogen (secondary N) is 2. The Labute approximate surface area is 165 Å². The number of hydrogen-bond acceptors (Lipinski definition) is 3. The van der Waals surface area contributed by atoms with Crippen LogP contribution in [0, 0.1) is 13.8 Å². The molecule has 0 amide bonds. The zero-order valence-corrected chi connectivity index (χ0v) is 16.2. The summed E-state index contributed by atoms with van der Waals surface area (Å²) >= 11 is 18.2.